The quantitative estimate of drug-likeness (QED) is 0.768. The molecule has 0 spiro atoms. The highest BCUT2D eigenvalue weighted by Gasteiger charge is 2.19. The molecule has 3 aromatic rings. The molecule has 3 rings (SSSR count). The minimum Gasteiger partial charge on any atom is -0.391 e. The first-order chi connectivity index (χ1) is 10.3. The van der Waals surface area contributed by atoms with Crippen LogP contribution >= 0.6 is 12.4 Å². The lowest BCUT2D eigenvalue weighted by molar-refractivity contribution is 0.145. The molecule has 3 aromatic carbocycles. The molecule has 0 aliphatic carbocycles. The first-order valence-corrected chi connectivity index (χ1v) is 7.21. The van der Waals surface area contributed by atoms with Gasteiger partial charge in [0.25, 0.3) is 0 Å². The van der Waals surface area contributed by atoms with Crippen LogP contribution in [0.25, 0.3) is 10.8 Å². The molecule has 0 unspecified atom stereocenters. The average molecular weight is 314 g/mol. The van der Waals surface area contributed by atoms with Crippen molar-refractivity contribution >= 4 is 23.2 Å². The van der Waals surface area contributed by atoms with E-state index in [9.17, 15) is 5.11 Å². The fraction of sp³-hybridized carbons (Fsp3) is 0.158. The van der Waals surface area contributed by atoms with Crippen molar-refractivity contribution in [2.75, 3.05) is 0 Å². The maximum absolute atomic E-state index is 10.5. The average Bonchev–Trinajstić information content (AvgIpc) is 2.54. The van der Waals surface area contributed by atoms with Gasteiger partial charge in [-0.3, -0.25) is 0 Å². The second-order valence-electron chi connectivity index (χ2n) is 5.35. The summed E-state index contributed by atoms with van der Waals surface area (Å²) >= 11 is 0. The van der Waals surface area contributed by atoms with Gasteiger partial charge in [-0.05, 0) is 21.9 Å². The molecule has 0 bridgehead atoms. The van der Waals surface area contributed by atoms with Gasteiger partial charge in [0.2, 0.25) is 0 Å². The Morgan fingerprint density at radius 2 is 1.45 bits per heavy atom. The van der Waals surface area contributed by atoms with E-state index in [1.807, 2.05) is 54.6 Å². The Balaban J connectivity index is 0.00000176. The van der Waals surface area contributed by atoms with E-state index in [0.717, 1.165) is 21.9 Å². The van der Waals surface area contributed by atoms with E-state index < -0.39 is 12.1 Å². The Morgan fingerprint density at radius 3 is 2.23 bits per heavy atom. The number of aliphatic hydroxyl groups is 1. The molecule has 0 amide bonds. The predicted octanol–water partition coefficient (Wildman–Crippen LogP) is 3.87. The molecule has 114 valence electrons. The molecule has 0 heterocycles. The van der Waals surface area contributed by atoms with Gasteiger partial charge in [-0.15, -0.1) is 12.4 Å². The summed E-state index contributed by atoms with van der Waals surface area (Å²) in [5.74, 6) is 0. The number of halogens is 1. The van der Waals surface area contributed by atoms with Crippen LogP contribution in [0.4, 0.5) is 0 Å². The smallest absolute Gasteiger partial charge is 0.0773 e. The van der Waals surface area contributed by atoms with E-state index in [2.05, 4.69) is 18.2 Å². The molecular formula is C19H20ClNO. The van der Waals surface area contributed by atoms with Crippen molar-refractivity contribution in [2.45, 2.75) is 18.6 Å². The molecule has 0 aromatic heterocycles. The van der Waals surface area contributed by atoms with Crippen LogP contribution in [0.5, 0.6) is 0 Å². The first kappa shape index (κ1) is 16.5. The van der Waals surface area contributed by atoms with Gasteiger partial charge in [-0.25, -0.2) is 0 Å². The van der Waals surface area contributed by atoms with Gasteiger partial charge in [0.05, 0.1) is 12.1 Å². The zero-order chi connectivity index (χ0) is 14.7. The minimum atomic E-state index is -0.599. The van der Waals surface area contributed by atoms with Gasteiger partial charge in [0, 0.05) is 6.42 Å². The summed E-state index contributed by atoms with van der Waals surface area (Å²) in [5.41, 5.74) is 8.40. The molecule has 0 radical (unpaired) electrons. The molecule has 2 atom stereocenters. The predicted molar refractivity (Wildman–Crippen MR) is 94.3 cm³/mol. The van der Waals surface area contributed by atoms with E-state index in [1.54, 1.807) is 0 Å². The molecule has 3 N–H and O–H groups in total. The Kier molecular flexibility index (Phi) is 5.56. The zero-order valence-corrected chi connectivity index (χ0v) is 13.0. The van der Waals surface area contributed by atoms with Gasteiger partial charge < -0.3 is 10.8 Å². The van der Waals surface area contributed by atoms with Crippen LogP contribution < -0.4 is 5.73 Å². The van der Waals surface area contributed by atoms with Crippen LogP contribution in [-0.4, -0.2) is 11.2 Å². The van der Waals surface area contributed by atoms with Crippen LogP contribution in [0.1, 0.15) is 17.2 Å². The van der Waals surface area contributed by atoms with Crippen LogP contribution in [0.2, 0.25) is 0 Å². The number of nitrogens with two attached hydrogens (primary N) is 1. The first-order valence-electron chi connectivity index (χ1n) is 7.21. The summed E-state index contributed by atoms with van der Waals surface area (Å²) in [6.07, 6.45) is -0.0381. The summed E-state index contributed by atoms with van der Waals surface area (Å²) in [6.45, 7) is 0. The van der Waals surface area contributed by atoms with Crippen molar-refractivity contribution in [1.82, 2.24) is 0 Å². The van der Waals surface area contributed by atoms with E-state index >= 15 is 0 Å². The Labute approximate surface area is 137 Å². The third kappa shape index (κ3) is 3.47. The fourth-order valence-electron chi connectivity index (χ4n) is 2.73. The lowest BCUT2D eigenvalue weighted by Gasteiger charge is -2.21. The number of hydrogen-bond donors (Lipinski definition) is 2. The Morgan fingerprint density at radius 1 is 0.818 bits per heavy atom. The van der Waals surface area contributed by atoms with Crippen molar-refractivity contribution in [3.8, 4) is 0 Å². The topological polar surface area (TPSA) is 46.2 Å². The van der Waals surface area contributed by atoms with Crippen molar-refractivity contribution in [3.05, 3.63) is 83.9 Å². The zero-order valence-electron chi connectivity index (χ0n) is 12.2. The standard InChI is InChI=1S/C19H19NO.ClH/c20-19(18(21)13-14-7-2-1-3-8-14)17-12-6-10-15-9-4-5-11-16(15)17;/h1-12,18-19,21H,13,20H2;1H/t18-,19+;/m0./s1. The van der Waals surface area contributed by atoms with Crippen LogP contribution in [0.15, 0.2) is 72.8 Å². The maximum Gasteiger partial charge on any atom is 0.0773 e. The number of aliphatic hydroxyl groups excluding tert-OH is 1. The lowest BCUT2D eigenvalue weighted by atomic mass is 9.93. The number of fused-ring (bicyclic) bond motifs is 1. The molecular weight excluding hydrogens is 294 g/mol. The van der Waals surface area contributed by atoms with E-state index in [1.165, 1.54) is 0 Å². The minimum absolute atomic E-state index is 0. The number of benzene rings is 3. The molecule has 0 aliphatic heterocycles. The van der Waals surface area contributed by atoms with Crippen molar-refractivity contribution in [1.29, 1.82) is 0 Å². The molecule has 0 saturated carbocycles. The van der Waals surface area contributed by atoms with Crippen LogP contribution in [0.3, 0.4) is 0 Å². The largest absolute Gasteiger partial charge is 0.391 e. The second-order valence-corrected chi connectivity index (χ2v) is 5.35. The third-order valence-electron chi connectivity index (χ3n) is 3.88. The monoisotopic (exact) mass is 313 g/mol. The summed E-state index contributed by atoms with van der Waals surface area (Å²) in [6, 6.07) is 23.8. The van der Waals surface area contributed by atoms with E-state index in [4.69, 9.17) is 5.73 Å². The van der Waals surface area contributed by atoms with Crippen LogP contribution in [0, 0.1) is 0 Å². The van der Waals surface area contributed by atoms with Crippen molar-refractivity contribution < 1.29 is 5.11 Å². The molecule has 0 saturated heterocycles. The normalized spacial score (nSPS) is 13.4. The lowest BCUT2D eigenvalue weighted by Crippen LogP contribution is -2.28. The third-order valence-corrected chi connectivity index (χ3v) is 3.88. The highest BCUT2D eigenvalue weighted by molar-refractivity contribution is 5.86. The molecule has 22 heavy (non-hydrogen) atoms. The molecule has 3 heteroatoms. The Bertz CT molecular complexity index is 724. The van der Waals surface area contributed by atoms with Gasteiger partial charge in [0.1, 0.15) is 0 Å². The maximum atomic E-state index is 10.5. The van der Waals surface area contributed by atoms with Crippen molar-refractivity contribution in [3.63, 3.8) is 0 Å². The van der Waals surface area contributed by atoms with Gasteiger partial charge in [-0.2, -0.15) is 0 Å². The molecule has 0 fully saturated rings. The van der Waals surface area contributed by atoms with Crippen LogP contribution in [-0.2, 0) is 6.42 Å². The number of rotatable bonds is 4. The van der Waals surface area contributed by atoms with Crippen molar-refractivity contribution in [2.24, 2.45) is 5.73 Å². The highest BCUT2D eigenvalue weighted by Crippen LogP contribution is 2.26. The summed E-state index contributed by atoms with van der Waals surface area (Å²) in [4.78, 5) is 0. The molecule has 0 aliphatic rings. The second kappa shape index (κ2) is 7.41. The van der Waals surface area contributed by atoms with Gasteiger partial charge in [0.15, 0.2) is 0 Å². The highest BCUT2D eigenvalue weighted by atomic mass is 35.5. The van der Waals surface area contributed by atoms with E-state index in [0.29, 0.717) is 6.42 Å². The molecule has 2 nitrogen and oxygen atoms in total. The fourth-order valence-corrected chi connectivity index (χ4v) is 2.73. The Hall–Kier alpha value is -1.87. The van der Waals surface area contributed by atoms with E-state index in [-0.39, 0.29) is 12.4 Å². The van der Waals surface area contributed by atoms with Gasteiger partial charge >= 0.3 is 0 Å². The number of hydrogen-bond acceptors (Lipinski definition) is 2. The van der Waals surface area contributed by atoms with Gasteiger partial charge in [-0.1, -0.05) is 72.8 Å². The SMILES string of the molecule is Cl.N[C@H](c1cccc2ccccc12)[C@@H](O)Cc1ccccc1. The summed E-state index contributed by atoms with van der Waals surface area (Å²) in [5, 5.41) is 12.7. The summed E-state index contributed by atoms with van der Waals surface area (Å²) < 4.78 is 0. The summed E-state index contributed by atoms with van der Waals surface area (Å²) in [7, 11) is 0.